The molecule has 1 aliphatic heterocycles. The van der Waals surface area contributed by atoms with E-state index in [0.717, 1.165) is 24.1 Å². The zero-order chi connectivity index (χ0) is 13.3. The maximum absolute atomic E-state index is 6.11. The van der Waals surface area contributed by atoms with Crippen LogP contribution in [-0.2, 0) is 0 Å². The minimum absolute atomic E-state index is 0.307. The second-order valence-corrected chi connectivity index (χ2v) is 6.12. The molecule has 1 fully saturated rings. The van der Waals surface area contributed by atoms with E-state index in [2.05, 4.69) is 42.6 Å². The Bertz CT molecular complexity index is 420. The molecule has 100 valence electrons. The van der Waals surface area contributed by atoms with Crippen LogP contribution in [0.15, 0.2) is 6.07 Å². The van der Waals surface area contributed by atoms with Gasteiger partial charge in [0.05, 0.1) is 0 Å². The molecule has 2 atom stereocenters. The lowest BCUT2D eigenvalue weighted by Crippen LogP contribution is -2.40. The predicted octanol–water partition coefficient (Wildman–Crippen LogP) is 3.88. The second-order valence-electron chi connectivity index (χ2n) is 5.73. The molecule has 18 heavy (non-hydrogen) atoms. The summed E-state index contributed by atoms with van der Waals surface area (Å²) < 4.78 is 0. The fraction of sp³-hybridized carbons (Fsp3) is 0.714. The molecule has 1 saturated heterocycles. The van der Waals surface area contributed by atoms with Crippen LogP contribution >= 0.6 is 11.6 Å². The van der Waals surface area contributed by atoms with E-state index >= 15 is 0 Å². The molecule has 0 aromatic carbocycles. The Kier molecular flexibility index (Phi) is 4.10. The van der Waals surface area contributed by atoms with Crippen molar-refractivity contribution in [3.63, 3.8) is 0 Å². The van der Waals surface area contributed by atoms with E-state index < -0.39 is 0 Å². The van der Waals surface area contributed by atoms with E-state index in [1.165, 1.54) is 12.8 Å². The predicted molar refractivity (Wildman–Crippen MR) is 76.3 cm³/mol. The summed E-state index contributed by atoms with van der Waals surface area (Å²) in [6, 6.07) is 2.42. The van der Waals surface area contributed by atoms with Crippen LogP contribution in [0.4, 0.5) is 5.82 Å². The zero-order valence-electron chi connectivity index (χ0n) is 11.7. The number of aromatic nitrogens is 2. The van der Waals surface area contributed by atoms with Gasteiger partial charge in [-0.05, 0) is 25.7 Å². The van der Waals surface area contributed by atoms with Gasteiger partial charge in [0.15, 0.2) is 0 Å². The lowest BCUT2D eigenvalue weighted by Gasteiger charge is -2.37. The van der Waals surface area contributed by atoms with Crippen molar-refractivity contribution < 1.29 is 0 Å². The Morgan fingerprint density at radius 3 is 2.67 bits per heavy atom. The largest absolute Gasteiger partial charge is 0.354 e. The van der Waals surface area contributed by atoms with E-state index in [4.69, 9.17) is 11.6 Å². The van der Waals surface area contributed by atoms with Crippen molar-refractivity contribution >= 4 is 17.4 Å². The van der Waals surface area contributed by atoms with Gasteiger partial charge < -0.3 is 4.90 Å². The SMILES string of the molecule is CC1CCN(c2cc(Cl)nc(C(C)C)n2)C(C)C1. The molecular weight excluding hydrogens is 246 g/mol. The topological polar surface area (TPSA) is 29.0 Å². The third kappa shape index (κ3) is 2.94. The van der Waals surface area contributed by atoms with Crippen molar-refractivity contribution in [3.8, 4) is 0 Å². The number of anilines is 1. The molecule has 2 heterocycles. The van der Waals surface area contributed by atoms with Gasteiger partial charge in [0.2, 0.25) is 0 Å². The summed E-state index contributed by atoms with van der Waals surface area (Å²) in [6.07, 6.45) is 2.45. The highest BCUT2D eigenvalue weighted by atomic mass is 35.5. The van der Waals surface area contributed by atoms with E-state index in [0.29, 0.717) is 17.1 Å². The van der Waals surface area contributed by atoms with Crippen LogP contribution in [-0.4, -0.2) is 22.6 Å². The molecule has 1 aliphatic rings. The van der Waals surface area contributed by atoms with Crippen molar-refractivity contribution in [2.45, 2.75) is 52.5 Å². The van der Waals surface area contributed by atoms with Gasteiger partial charge in [0.25, 0.3) is 0 Å². The summed E-state index contributed by atoms with van der Waals surface area (Å²) >= 11 is 6.11. The molecular formula is C14H22ClN3. The molecule has 4 heteroatoms. The molecule has 3 nitrogen and oxygen atoms in total. The quantitative estimate of drug-likeness (QED) is 0.762. The minimum Gasteiger partial charge on any atom is -0.354 e. The highest BCUT2D eigenvalue weighted by Crippen LogP contribution is 2.28. The van der Waals surface area contributed by atoms with Crippen molar-refractivity contribution in [3.05, 3.63) is 17.0 Å². The summed E-state index contributed by atoms with van der Waals surface area (Å²) in [4.78, 5) is 11.3. The van der Waals surface area contributed by atoms with Gasteiger partial charge in [-0.15, -0.1) is 0 Å². The Morgan fingerprint density at radius 1 is 1.33 bits per heavy atom. The zero-order valence-corrected chi connectivity index (χ0v) is 12.4. The van der Waals surface area contributed by atoms with Gasteiger partial charge in [-0.1, -0.05) is 32.4 Å². The summed E-state index contributed by atoms with van der Waals surface area (Å²) in [5, 5.41) is 0.550. The number of halogens is 1. The van der Waals surface area contributed by atoms with E-state index in [1.54, 1.807) is 0 Å². The Morgan fingerprint density at radius 2 is 2.06 bits per heavy atom. The maximum atomic E-state index is 6.11. The first kappa shape index (κ1) is 13.6. The van der Waals surface area contributed by atoms with Crippen molar-refractivity contribution in [1.29, 1.82) is 0 Å². The lowest BCUT2D eigenvalue weighted by atomic mass is 9.93. The van der Waals surface area contributed by atoms with Crippen LogP contribution < -0.4 is 4.90 Å². The monoisotopic (exact) mass is 267 g/mol. The lowest BCUT2D eigenvalue weighted by molar-refractivity contribution is 0.375. The van der Waals surface area contributed by atoms with Crippen LogP contribution in [0.2, 0.25) is 5.15 Å². The first-order valence-corrected chi connectivity index (χ1v) is 7.16. The maximum Gasteiger partial charge on any atom is 0.135 e. The number of piperidine rings is 1. The fourth-order valence-corrected chi connectivity index (χ4v) is 2.76. The van der Waals surface area contributed by atoms with Crippen LogP contribution in [0.1, 0.15) is 52.3 Å². The molecule has 0 radical (unpaired) electrons. The van der Waals surface area contributed by atoms with Gasteiger partial charge in [-0.3, -0.25) is 0 Å². The Hall–Kier alpha value is -0.830. The molecule has 0 aliphatic carbocycles. The van der Waals surface area contributed by atoms with E-state index in [1.807, 2.05) is 6.07 Å². The van der Waals surface area contributed by atoms with Gasteiger partial charge in [0.1, 0.15) is 16.8 Å². The molecule has 0 bridgehead atoms. The summed E-state index contributed by atoms with van der Waals surface area (Å²) in [5.74, 6) is 2.93. The normalized spacial score (nSPS) is 24.7. The van der Waals surface area contributed by atoms with E-state index in [-0.39, 0.29) is 0 Å². The standard InChI is InChI=1S/C14H22ClN3/c1-9(2)14-16-12(15)8-13(17-14)18-6-5-10(3)7-11(18)4/h8-11H,5-7H2,1-4H3. The number of rotatable bonds is 2. The molecule has 0 N–H and O–H groups in total. The Balaban J connectivity index is 2.27. The third-order valence-corrected chi connectivity index (χ3v) is 3.84. The first-order chi connectivity index (χ1) is 8.47. The van der Waals surface area contributed by atoms with Crippen LogP contribution in [0.5, 0.6) is 0 Å². The van der Waals surface area contributed by atoms with Crippen LogP contribution in [0, 0.1) is 5.92 Å². The number of nitrogens with zero attached hydrogens (tertiary/aromatic N) is 3. The minimum atomic E-state index is 0.307. The van der Waals surface area contributed by atoms with Crippen molar-refractivity contribution in [2.24, 2.45) is 5.92 Å². The number of hydrogen-bond acceptors (Lipinski definition) is 3. The molecule has 2 unspecified atom stereocenters. The average molecular weight is 268 g/mol. The summed E-state index contributed by atoms with van der Waals surface area (Å²) in [7, 11) is 0. The summed E-state index contributed by atoms with van der Waals surface area (Å²) in [5.41, 5.74) is 0. The first-order valence-electron chi connectivity index (χ1n) is 6.78. The van der Waals surface area contributed by atoms with E-state index in [9.17, 15) is 0 Å². The molecule has 2 rings (SSSR count). The third-order valence-electron chi connectivity index (χ3n) is 3.65. The van der Waals surface area contributed by atoms with Crippen LogP contribution in [0.25, 0.3) is 0 Å². The van der Waals surface area contributed by atoms with Crippen LogP contribution in [0.3, 0.4) is 0 Å². The van der Waals surface area contributed by atoms with Crippen molar-refractivity contribution in [1.82, 2.24) is 9.97 Å². The van der Waals surface area contributed by atoms with Gasteiger partial charge in [-0.2, -0.15) is 0 Å². The molecule has 1 aromatic rings. The van der Waals surface area contributed by atoms with Gasteiger partial charge >= 0.3 is 0 Å². The smallest absolute Gasteiger partial charge is 0.135 e. The van der Waals surface area contributed by atoms with Gasteiger partial charge in [0, 0.05) is 24.6 Å². The second kappa shape index (κ2) is 5.43. The molecule has 0 saturated carbocycles. The number of hydrogen-bond donors (Lipinski definition) is 0. The molecule has 0 amide bonds. The average Bonchev–Trinajstić information content (AvgIpc) is 2.27. The fourth-order valence-electron chi connectivity index (χ4n) is 2.58. The highest BCUT2D eigenvalue weighted by Gasteiger charge is 2.24. The molecule has 0 spiro atoms. The summed E-state index contributed by atoms with van der Waals surface area (Å²) in [6.45, 7) is 9.84. The molecule has 1 aromatic heterocycles. The Labute approximate surface area is 115 Å². The van der Waals surface area contributed by atoms with Gasteiger partial charge in [-0.25, -0.2) is 9.97 Å². The highest BCUT2D eigenvalue weighted by molar-refractivity contribution is 6.29. The van der Waals surface area contributed by atoms with Crippen molar-refractivity contribution in [2.75, 3.05) is 11.4 Å².